The molecule has 0 N–H and O–H groups in total. The van der Waals surface area contributed by atoms with E-state index in [4.69, 9.17) is 9.39 Å². The second kappa shape index (κ2) is 11.4. The molecule has 4 heteroatoms. The Morgan fingerprint density at radius 1 is 0.385 bits per heavy atom. The van der Waals surface area contributed by atoms with Crippen LogP contribution in [0, 0.1) is 0 Å². The van der Waals surface area contributed by atoms with E-state index in [0.29, 0.717) is 0 Å². The maximum absolute atomic E-state index is 6.88. The molecule has 0 saturated carbocycles. The quantitative estimate of drug-likeness (QED) is 0.175. The van der Waals surface area contributed by atoms with Crippen LogP contribution < -0.4 is 20.3 Å². The lowest BCUT2D eigenvalue weighted by Gasteiger charge is -2.33. The number of aromatic nitrogens is 1. The number of hydrogen-bond donors (Lipinski definition) is 0. The lowest BCUT2D eigenvalue weighted by molar-refractivity contribution is 0.479. The van der Waals surface area contributed by atoms with Crippen molar-refractivity contribution in [3.8, 4) is 67.4 Å². The van der Waals surface area contributed by atoms with Gasteiger partial charge in [-0.05, 0) is 87.5 Å². The second-order valence-corrected chi connectivity index (χ2v) is 13.6. The minimum atomic E-state index is -0.300. The minimum absolute atomic E-state index is 0.300. The molecule has 0 unspecified atom stereocenters. The Hall–Kier alpha value is -6.78. The summed E-state index contributed by atoms with van der Waals surface area (Å²) in [6, 6.07) is 64.7. The van der Waals surface area contributed by atoms with E-state index in [-0.39, 0.29) is 6.92 Å². The smallest absolute Gasteiger partial charge is 0.434 e. The zero-order valence-electron chi connectivity index (χ0n) is 28.2. The van der Waals surface area contributed by atoms with Crippen LogP contribution in [0.5, 0.6) is 17.2 Å². The molecule has 8 aromatic carbocycles. The number of ether oxygens (including phenoxy) is 1. The van der Waals surface area contributed by atoms with E-state index < -0.39 is 0 Å². The van der Waals surface area contributed by atoms with Crippen molar-refractivity contribution in [3.63, 3.8) is 0 Å². The Kier molecular flexibility index (Phi) is 6.35. The van der Waals surface area contributed by atoms with Crippen molar-refractivity contribution in [2.45, 2.75) is 0 Å². The van der Waals surface area contributed by atoms with E-state index >= 15 is 0 Å². The van der Waals surface area contributed by atoms with Gasteiger partial charge in [0.25, 0.3) is 0 Å². The molecular formula is C48H30BNO2. The topological polar surface area (TPSA) is 23.4 Å². The van der Waals surface area contributed by atoms with Gasteiger partial charge >= 0.3 is 6.92 Å². The first-order valence-electron chi connectivity index (χ1n) is 17.8. The lowest BCUT2D eigenvalue weighted by atomic mass is 9.50. The summed E-state index contributed by atoms with van der Waals surface area (Å²) < 4.78 is 16.1. The van der Waals surface area contributed by atoms with Crippen molar-refractivity contribution in [1.82, 2.24) is 4.57 Å². The first-order valence-corrected chi connectivity index (χ1v) is 17.8. The SMILES string of the molecule is c1ccc(-c2ccccc2-c2ccc3c(c2)B2Oc4ccccc4-c4cc(-c5cccc(-n6c7ccccc7c7ccccc76)c5)cc(c42)O3)cc1. The van der Waals surface area contributed by atoms with Crippen molar-refractivity contribution < 1.29 is 9.39 Å². The summed E-state index contributed by atoms with van der Waals surface area (Å²) in [6.07, 6.45) is 0. The maximum atomic E-state index is 6.88. The Morgan fingerprint density at radius 2 is 1.04 bits per heavy atom. The third kappa shape index (κ3) is 4.41. The minimum Gasteiger partial charge on any atom is -0.551 e. The molecule has 0 saturated heterocycles. The van der Waals surface area contributed by atoms with Crippen LogP contribution >= 0.6 is 0 Å². The average Bonchev–Trinajstić information content (AvgIpc) is 3.55. The molecule has 2 aliphatic rings. The van der Waals surface area contributed by atoms with Gasteiger partial charge in [0.15, 0.2) is 0 Å². The third-order valence-corrected chi connectivity index (χ3v) is 10.7. The van der Waals surface area contributed by atoms with Crippen LogP contribution in [0.15, 0.2) is 182 Å². The maximum Gasteiger partial charge on any atom is 0.434 e. The van der Waals surface area contributed by atoms with Crippen molar-refractivity contribution >= 4 is 39.6 Å². The van der Waals surface area contributed by atoms with Crippen LogP contribution in [0.2, 0.25) is 0 Å². The highest BCUT2D eigenvalue weighted by Crippen LogP contribution is 2.43. The fourth-order valence-corrected chi connectivity index (χ4v) is 8.33. The first-order chi connectivity index (χ1) is 25.8. The fraction of sp³-hybridized carbons (Fsp3) is 0. The zero-order chi connectivity index (χ0) is 34.2. The summed E-state index contributed by atoms with van der Waals surface area (Å²) in [5.74, 6) is 2.53. The Labute approximate surface area is 302 Å². The van der Waals surface area contributed by atoms with Crippen LogP contribution in [0.4, 0.5) is 0 Å². The first kappa shape index (κ1) is 29.0. The monoisotopic (exact) mass is 663 g/mol. The van der Waals surface area contributed by atoms with Gasteiger partial charge in [-0.1, -0.05) is 133 Å². The number of rotatable bonds is 4. The molecule has 0 amide bonds. The molecule has 242 valence electrons. The summed E-state index contributed by atoms with van der Waals surface area (Å²) in [4.78, 5) is 0. The van der Waals surface area contributed by atoms with Gasteiger partial charge in [0.05, 0.1) is 11.0 Å². The van der Waals surface area contributed by atoms with Gasteiger partial charge < -0.3 is 14.0 Å². The molecule has 0 spiro atoms. The predicted molar refractivity (Wildman–Crippen MR) is 215 cm³/mol. The van der Waals surface area contributed by atoms with Gasteiger partial charge in [0.2, 0.25) is 0 Å². The standard InChI is InChI=1S/C48H30BNO2/c1-2-13-31(14-3-1)36-17-4-5-18-37(36)33-25-26-46-42(29-33)49-48-41(40-21-8-11-24-45(40)52-49)28-34(30-47(48)51-46)32-15-12-16-35(27-32)50-43-22-9-6-19-38(43)39-20-7-10-23-44(39)50/h1-30H. The second-order valence-electron chi connectivity index (χ2n) is 13.6. The summed E-state index contributed by atoms with van der Waals surface area (Å²) in [5.41, 5.74) is 14.8. The number of hydrogen-bond acceptors (Lipinski definition) is 2. The summed E-state index contributed by atoms with van der Waals surface area (Å²) in [5, 5.41) is 2.51. The average molecular weight is 664 g/mol. The van der Waals surface area contributed by atoms with Crippen molar-refractivity contribution in [2.75, 3.05) is 0 Å². The lowest BCUT2D eigenvalue weighted by Crippen LogP contribution is -2.53. The summed E-state index contributed by atoms with van der Waals surface area (Å²) in [6.45, 7) is -0.300. The number of fused-ring (bicyclic) bond motifs is 7. The van der Waals surface area contributed by atoms with Crippen molar-refractivity contribution in [1.29, 1.82) is 0 Å². The highest BCUT2D eigenvalue weighted by atomic mass is 16.5. The number of nitrogens with zero attached hydrogens (tertiary/aromatic N) is 1. The molecule has 3 heterocycles. The molecule has 0 aliphatic carbocycles. The Bertz CT molecular complexity index is 2820. The molecule has 9 aromatic rings. The predicted octanol–water partition coefficient (Wildman–Crippen LogP) is 11.1. The van der Waals surface area contributed by atoms with Crippen LogP contribution in [0.3, 0.4) is 0 Å². The normalized spacial score (nSPS) is 12.5. The largest absolute Gasteiger partial charge is 0.551 e. The van der Waals surface area contributed by atoms with Gasteiger partial charge in [-0.2, -0.15) is 0 Å². The molecule has 2 aliphatic heterocycles. The van der Waals surface area contributed by atoms with E-state index in [0.717, 1.165) is 61.7 Å². The van der Waals surface area contributed by atoms with Gasteiger partial charge in [-0.15, -0.1) is 0 Å². The third-order valence-electron chi connectivity index (χ3n) is 10.7. The summed E-state index contributed by atoms with van der Waals surface area (Å²) >= 11 is 0. The molecule has 0 bridgehead atoms. The highest BCUT2D eigenvalue weighted by Gasteiger charge is 2.41. The molecule has 1 aromatic heterocycles. The van der Waals surface area contributed by atoms with E-state index in [2.05, 4.69) is 187 Å². The Balaban J connectivity index is 1.06. The van der Waals surface area contributed by atoms with Crippen molar-refractivity contribution in [3.05, 3.63) is 182 Å². The van der Waals surface area contributed by atoms with Gasteiger partial charge in [0, 0.05) is 32.9 Å². The van der Waals surface area contributed by atoms with Crippen LogP contribution in [0.25, 0.3) is 72.0 Å². The Morgan fingerprint density at radius 3 is 1.83 bits per heavy atom. The molecule has 0 radical (unpaired) electrons. The zero-order valence-corrected chi connectivity index (χ0v) is 28.2. The van der Waals surface area contributed by atoms with E-state index in [9.17, 15) is 0 Å². The molecule has 0 fully saturated rings. The highest BCUT2D eigenvalue weighted by molar-refractivity contribution is 6.84. The molecular weight excluding hydrogens is 633 g/mol. The molecule has 11 rings (SSSR count). The van der Waals surface area contributed by atoms with Gasteiger partial charge in [0.1, 0.15) is 17.2 Å². The molecule has 52 heavy (non-hydrogen) atoms. The van der Waals surface area contributed by atoms with Gasteiger partial charge in [-0.3, -0.25) is 0 Å². The van der Waals surface area contributed by atoms with E-state index in [1.807, 2.05) is 0 Å². The number of para-hydroxylation sites is 3. The van der Waals surface area contributed by atoms with Crippen LogP contribution in [0.1, 0.15) is 0 Å². The molecule has 3 nitrogen and oxygen atoms in total. The van der Waals surface area contributed by atoms with Crippen molar-refractivity contribution in [2.24, 2.45) is 0 Å². The fourth-order valence-electron chi connectivity index (χ4n) is 8.33. The van der Waals surface area contributed by atoms with E-state index in [1.54, 1.807) is 0 Å². The number of benzene rings is 8. The molecule has 0 atom stereocenters. The van der Waals surface area contributed by atoms with Crippen LogP contribution in [-0.2, 0) is 0 Å². The van der Waals surface area contributed by atoms with Crippen LogP contribution in [-0.4, -0.2) is 11.5 Å². The van der Waals surface area contributed by atoms with E-state index in [1.165, 1.54) is 38.5 Å². The van der Waals surface area contributed by atoms with Gasteiger partial charge in [-0.25, -0.2) is 0 Å². The summed E-state index contributed by atoms with van der Waals surface area (Å²) in [7, 11) is 0.